The molecular formula is C20H22N2O2S. The van der Waals surface area contributed by atoms with Gasteiger partial charge >= 0.3 is 0 Å². The Labute approximate surface area is 152 Å². The number of methoxy groups -OCH3 is 1. The summed E-state index contributed by atoms with van der Waals surface area (Å²) in [6.45, 7) is 6.53. The number of benzene rings is 1. The number of hydrogen-bond acceptors (Lipinski definition) is 4. The lowest BCUT2D eigenvalue weighted by molar-refractivity contribution is -0.117. The number of nitrogens with one attached hydrogen (secondary N) is 1. The summed E-state index contributed by atoms with van der Waals surface area (Å²) < 4.78 is 5.44. The summed E-state index contributed by atoms with van der Waals surface area (Å²) in [5.41, 5.74) is 2.96. The van der Waals surface area contributed by atoms with Crippen molar-refractivity contribution in [3.05, 3.63) is 56.8 Å². The van der Waals surface area contributed by atoms with Crippen LogP contribution in [0.1, 0.15) is 41.3 Å². The van der Waals surface area contributed by atoms with Crippen LogP contribution >= 0.6 is 11.3 Å². The standard InChI is InChI=1S/C20H22N2O2S/c1-13(2)18-10-15(14(3)8-19(18)24-4)9-16(11-21)20(23)22-12-17-6-5-7-25-17/h5-10,13H,12H2,1-4H3,(H,22,23)/b16-9+. The number of carbonyl (C=O) groups is 1. The van der Waals surface area contributed by atoms with Gasteiger partial charge in [0.15, 0.2) is 0 Å². The van der Waals surface area contributed by atoms with Gasteiger partial charge in [-0.2, -0.15) is 5.26 Å². The van der Waals surface area contributed by atoms with Gasteiger partial charge in [-0.15, -0.1) is 11.3 Å². The van der Waals surface area contributed by atoms with E-state index in [1.54, 1.807) is 24.5 Å². The minimum absolute atomic E-state index is 0.0968. The summed E-state index contributed by atoms with van der Waals surface area (Å²) in [5, 5.41) is 14.1. The zero-order valence-corrected chi connectivity index (χ0v) is 15.7. The van der Waals surface area contributed by atoms with Crippen LogP contribution in [0.25, 0.3) is 6.08 Å². The van der Waals surface area contributed by atoms with Gasteiger partial charge in [0.25, 0.3) is 5.91 Å². The average molecular weight is 354 g/mol. The fraction of sp³-hybridized carbons (Fsp3) is 0.300. The molecule has 1 amide bonds. The zero-order chi connectivity index (χ0) is 18.4. The van der Waals surface area contributed by atoms with E-state index in [9.17, 15) is 10.1 Å². The Bertz CT molecular complexity index is 815. The smallest absolute Gasteiger partial charge is 0.262 e. The molecule has 2 aromatic rings. The number of thiophene rings is 1. The quantitative estimate of drug-likeness (QED) is 0.617. The molecule has 0 aliphatic rings. The van der Waals surface area contributed by atoms with Gasteiger partial charge in [0, 0.05) is 4.88 Å². The van der Waals surface area contributed by atoms with Crippen molar-refractivity contribution in [3.8, 4) is 11.8 Å². The van der Waals surface area contributed by atoms with Crippen molar-refractivity contribution >= 4 is 23.3 Å². The van der Waals surface area contributed by atoms with E-state index in [4.69, 9.17) is 4.74 Å². The molecule has 0 aliphatic heterocycles. The number of carbonyl (C=O) groups excluding carboxylic acids is 1. The topological polar surface area (TPSA) is 62.1 Å². The molecule has 0 radical (unpaired) electrons. The molecule has 0 atom stereocenters. The maximum Gasteiger partial charge on any atom is 0.262 e. The molecule has 1 N–H and O–H groups in total. The highest BCUT2D eigenvalue weighted by atomic mass is 32.1. The van der Waals surface area contributed by atoms with Crippen molar-refractivity contribution in [1.82, 2.24) is 5.32 Å². The first-order valence-corrected chi connectivity index (χ1v) is 8.95. The van der Waals surface area contributed by atoms with Crippen LogP contribution in [0, 0.1) is 18.3 Å². The summed E-state index contributed by atoms with van der Waals surface area (Å²) in [4.78, 5) is 13.4. The number of nitrogens with zero attached hydrogens (tertiary/aromatic N) is 1. The van der Waals surface area contributed by atoms with E-state index in [0.717, 1.165) is 27.3 Å². The highest BCUT2D eigenvalue weighted by Gasteiger charge is 2.13. The van der Waals surface area contributed by atoms with Crippen molar-refractivity contribution in [2.24, 2.45) is 0 Å². The predicted octanol–water partition coefficient (Wildman–Crippen LogP) is 4.41. The molecule has 2 rings (SSSR count). The van der Waals surface area contributed by atoms with Gasteiger partial charge < -0.3 is 10.1 Å². The van der Waals surface area contributed by atoms with Crippen LogP contribution < -0.4 is 10.1 Å². The van der Waals surface area contributed by atoms with E-state index in [0.29, 0.717) is 6.54 Å². The first-order valence-electron chi connectivity index (χ1n) is 8.07. The molecule has 0 aliphatic carbocycles. The van der Waals surface area contributed by atoms with Crippen LogP contribution in [0.5, 0.6) is 5.75 Å². The molecule has 5 heteroatoms. The highest BCUT2D eigenvalue weighted by Crippen LogP contribution is 2.30. The van der Waals surface area contributed by atoms with Crippen LogP contribution in [0.3, 0.4) is 0 Å². The molecule has 0 unspecified atom stereocenters. The molecule has 0 fully saturated rings. The molecule has 4 nitrogen and oxygen atoms in total. The van der Waals surface area contributed by atoms with Crippen molar-refractivity contribution in [3.63, 3.8) is 0 Å². The van der Waals surface area contributed by atoms with Crippen LogP contribution in [0.4, 0.5) is 0 Å². The number of nitriles is 1. The third-order valence-electron chi connectivity index (χ3n) is 3.91. The van der Waals surface area contributed by atoms with Crippen molar-refractivity contribution < 1.29 is 9.53 Å². The molecule has 0 spiro atoms. The molecule has 130 valence electrons. The number of amides is 1. The Morgan fingerprint density at radius 1 is 1.44 bits per heavy atom. The summed E-state index contributed by atoms with van der Waals surface area (Å²) in [6.07, 6.45) is 1.64. The second-order valence-electron chi connectivity index (χ2n) is 6.04. The normalized spacial score (nSPS) is 11.3. The molecule has 0 saturated carbocycles. The van der Waals surface area contributed by atoms with E-state index in [1.807, 2.05) is 42.6 Å². The molecule has 25 heavy (non-hydrogen) atoms. The summed E-state index contributed by atoms with van der Waals surface area (Å²) in [6, 6.07) is 9.82. The van der Waals surface area contributed by atoms with Gasteiger partial charge in [-0.25, -0.2) is 0 Å². The molecular weight excluding hydrogens is 332 g/mol. The average Bonchev–Trinajstić information content (AvgIpc) is 3.11. The molecule has 0 bridgehead atoms. The van der Waals surface area contributed by atoms with Gasteiger partial charge in [-0.3, -0.25) is 4.79 Å². The lowest BCUT2D eigenvalue weighted by atomic mass is 9.95. The monoisotopic (exact) mass is 354 g/mol. The SMILES string of the molecule is COc1cc(C)c(/C=C(\C#N)C(=O)NCc2cccs2)cc1C(C)C. The second kappa shape index (κ2) is 8.50. The van der Waals surface area contributed by atoms with E-state index in [-0.39, 0.29) is 17.4 Å². The lowest BCUT2D eigenvalue weighted by Crippen LogP contribution is -2.23. The maximum absolute atomic E-state index is 12.3. The molecule has 1 heterocycles. The largest absolute Gasteiger partial charge is 0.496 e. The number of aryl methyl sites for hydroxylation is 1. The van der Waals surface area contributed by atoms with Gasteiger partial charge in [-0.05, 0) is 59.2 Å². The molecule has 1 aromatic carbocycles. The minimum atomic E-state index is -0.364. The minimum Gasteiger partial charge on any atom is -0.496 e. The van der Waals surface area contributed by atoms with E-state index >= 15 is 0 Å². The van der Waals surface area contributed by atoms with Crippen LogP contribution in [-0.4, -0.2) is 13.0 Å². The number of ether oxygens (including phenoxy) is 1. The van der Waals surface area contributed by atoms with Gasteiger partial charge in [-0.1, -0.05) is 19.9 Å². The van der Waals surface area contributed by atoms with E-state index in [1.165, 1.54) is 0 Å². The highest BCUT2D eigenvalue weighted by molar-refractivity contribution is 7.09. The van der Waals surface area contributed by atoms with Crippen LogP contribution in [0.2, 0.25) is 0 Å². The Morgan fingerprint density at radius 3 is 2.76 bits per heavy atom. The lowest BCUT2D eigenvalue weighted by Gasteiger charge is -2.15. The van der Waals surface area contributed by atoms with Crippen LogP contribution in [0.15, 0.2) is 35.2 Å². The number of hydrogen-bond donors (Lipinski definition) is 1. The Balaban J connectivity index is 2.27. The molecule has 0 saturated heterocycles. The van der Waals surface area contributed by atoms with E-state index < -0.39 is 0 Å². The zero-order valence-electron chi connectivity index (χ0n) is 14.9. The third-order valence-corrected chi connectivity index (χ3v) is 4.78. The first-order chi connectivity index (χ1) is 12.0. The fourth-order valence-corrected chi connectivity index (χ4v) is 3.12. The Hall–Kier alpha value is -2.58. The number of rotatable bonds is 6. The maximum atomic E-state index is 12.3. The Morgan fingerprint density at radius 2 is 2.20 bits per heavy atom. The van der Waals surface area contributed by atoms with E-state index in [2.05, 4.69) is 19.2 Å². The van der Waals surface area contributed by atoms with Gasteiger partial charge in [0.1, 0.15) is 17.4 Å². The second-order valence-corrected chi connectivity index (χ2v) is 7.07. The van der Waals surface area contributed by atoms with Gasteiger partial charge in [0.2, 0.25) is 0 Å². The third kappa shape index (κ3) is 4.71. The van der Waals surface area contributed by atoms with Crippen LogP contribution in [-0.2, 0) is 11.3 Å². The summed E-state index contributed by atoms with van der Waals surface area (Å²) in [5.74, 6) is 0.739. The van der Waals surface area contributed by atoms with Gasteiger partial charge in [0.05, 0.1) is 13.7 Å². The summed E-state index contributed by atoms with van der Waals surface area (Å²) >= 11 is 1.57. The summed E-state index contributed by atoms with van der Waals surface area (Å²) in [7, 11) is 1.65. The first kappa shape index (κ1) is 18.8. The van der Waals surface area contributed by atoms with Crippen molar-refractivity contribution in [2.75, 3.05) is 7.11 Å². The predicted molar refractivity (Wildman–Crippen MR) is 102 cm³/mol. The van der Waals surface area contributed by atoms with Crippen molar-refractivity contribution in [2.45, 2.75) is 33.2 Å². The molecule has 1 aromatic heterocycles. The fourth-order valence-electron chi connectivity index (χ4n) is 2.48. The Kier molecular flexibility index (Phi) is 6.37. The van der Waals surface area contributed by atoms with Crippen molar-refractivity contribution in [1.29, 1.82) is 5.26 Å².